The van der Waals surface area contributed by atoms with Crippen molar-refractivity contribution in [1.82, 2.24) is 4.57 Å². The number of nitrogens with zero attached hydrogens (tertiary/aromatic N) is 2. The molecule has 0 radical (unpaired) electrons. The molecule has 10 nitrogen and oxygen atoms in total. The second-order valence-corrected chi connectivity index (χ2v) is 10.9. The summed E-state index contributed by atoms with van der Waals surface area (Å²) < 4.78 is 30.0. The van der Waals surface area contributed by atoms with Gasteiger partial charge in [0, 0.05) is 6.92 Å². The second-order valence-electron chi connectivity index (χ2n) is 9.00. The van der Waals surface area contributed by atoms with E-state index in [-0.39, 0.29) is 23.5 Å². The number of fused-ring (bicyclic) bond motifs is 1. The molecule has 12 heteroatoms. The standard InChI is InChI=1S/C30H31BrN2O8S/c1-7-38-22-15-19(10-11-21(22)37-6)26-25(29(36)40-9-3)16(4)32-30-33(26)28(35)24(42-30)14-18-12-20(31)27(41-17(5)34)23(13-18)39-8-2/h10-15,26H,7-9H2,1-6H3/b24-14-/t26-/m0/s1. The Labute approximate surface area is 255 Å². The number of thiazole rings is 1. The normalized spacial score (nSPS) is 14.6. The van der Waals surface area contributed by atoms with Crippen LogP contribution in [0.15, 0.2) is 55.9 Å². The lowest BCUT2D eigenvalue weighted by atomic mass is 9.95. The molecule has 0 spiro atoms. The minimum Gasteiger partial charge on any atom is -0.493 e. The maximum absolute atomic E-state index is 14.0. The summed E-state index contributed by atoms with van der Waals surface area (Å²) in [4.78, 5) is 43.9. The number of aromatic nitrogens is 1. The van der Waals surface area contributed by atoms with Gasteiger partial charge in [-0.25, -0.2) is 9.79 Å². The third-order valence-corrected chi connectivity index (χ3v) is 7.77. The number of carbonyl (C=O) groups is 2. The number of methoxy groups -OCH3 is 1. The number of esters is 2. The smallest absolute Gasteiger partial charge is 0.338 e. The van der Waals surface area contributed by atoms with Gasteiger partial charge in [0.05, 0.1) is 53.2 Å². The Morgan fingerprint density at radius 3 is 2.40 bits per heavy atom. The molecule has 3 aromatic rings. The third kappa shape index (κ3) is 6.29. The van der Waals surface area contributed by atoms with Gasteiger partial charge in [-0.2, -0.15) is 0 Å². The van der Waals surface area contributed by atoms with E-state index in [2.05, 4.69) is 20.9 Å². The van der Waals surface area contributed by atoms with Crippen molar-refractivity contribution in [2.24, 2.45) is 4.99 Å². The molecule has 0 amide bonds. The van der Waals surface area contributed by atoms with Gasteiger partial charge in [-0.1, -0.05) is 17.4 Å². The zero-order valence-electron chi connectivity index (χ0n) is 24.1. The Morgan fingerprint density at radius 1 is 1.05 bits per heavy atom. The first-order valence-corrected chi connectivity index (χ1v) is 14.9. The lowest BCUT2D eigenvalue weighted by Crippen LogP contribution is -2.40. The highest BCUT2D eigenvalue weighted by molar-refractivity contribution is 9.10. The van der Waals surface area contributed by atoms with Gasteiger partial charge in [0.15, 0.2) is 27.8 Å². The minimum absolute atomic E-state index is 0.167. The van der Waals surface area contributed by atoms with Crippen molar-refractivity contribution in [3.05, 3.63) is 76.9 Å². The molecule has 0 bridgehead atoms. The summed E-state index contributed by atoms with van der Waals surface area (Å²) >= 11 is 4.64. The Balaban J connectivity index is 1.94. The second kappa shape index (κ2) is 13.4. The molecule has 0 unspecified atom stereocenters. The van der Waals surface area contributed by atoms with E-state index in [0.717, 1.165) is 0 Å². The third-order valence-electron chi connectivity index (χ3n) is 6.20. The molecule has 1 aliphatic rings. The van der Waals surface area contributed by atoms with Gasteiger partial charge in [0.2, 0.25) is 0 Å². The molecule has 1 aliphatic heterocycles. The van der Waals surface area contributed by atoms with Gasteiger partial charge in [0.25, 0.3) is 5.56 Å². The van der Waals surface area contributed by atoms with E-state index in [9.17, 15) is 14.4 Å². The van der Waals surface area contributed by atoms with Gasteiger partial charge in [0.1, 0.15) is 0 Å². The number of benzene rings is 2. The molecule has 4 rings (SSSR count). The summed E-state index contributed by atoms with van der Waals surface area (Å²) in [6.45, 7) is 9.33. The van der Waals surface area contributed by atoms with Crippen LogP contribution in [-0.2, 0) is 14.3 Å². The monoisotopic (exact) mass is 658 g/mol. The number of allylic oxidation sites excluding steroid dienone is 1. The topological polar surface area (TPSA) is 115 Å². The van der Waals surface area contributed by atoms with Crippen LogP contribution in [0.1, 0.15) is 51.8 Å². The number of rotatable bonds is 10. The molecule has 0 saturated carbocycles. The summed E-state index contributed by atoms with van der Waals surface area (Å²) in [5, 5.41) is 0. The lowest BCUT2D eigenvalue weighted by Gasteiger charge is -2.25. The fraction of sp³-hybridized carbons (Fsp3) is 0.333. The van der Waals surface area contributed by atoms with E-state index in [1.54, 1.807) is 57.4 Å². The van der Waals surface area contributed by atoms with Crippen LogP contribution in [0, 0.1) is 0 Å². The van der Waals surface area contributed by atoms with Crippen LogP contribution in [-0.4, -0.2) is 43.4 Å². The van der Waals surface area contributed by atoms with E-state index in [0.29, 0.717) is 61.1 Å². The summed E-state index contributed by atoms with van der Waals surface area (Å²) in [6, 6.07) is 7.90. The number of ether oxygens (including phenoxy) is 5. The van der Waals surface area contributed by atoms with Crippen molar-refractivity contribution >= 4 is 45.3 Å². The van der Waals surface area contributed by atoms with Gasteiger partial charge < -0.3 is 23.7 Å². The van der Waals surface area contributed by atoms with Crippen molar-refractivity contribution in [3.8, 4) is 23.0 Å². The van der Waals surface area contributed by atoms with Crippen molar-refractivity contribution in [2.75, 3.05) is 26.9 Å². The van der Waals surface area contributed by atoms with Crippen molar-refractivity contribution in [3.63, 3.8) is 0 Å². The van der Waals surface area contributed by atoms with Crippen LogP contribution >= 0.6 is 27.3 Å². The van der Waals surface area contributed by atoms with Crippen LogP contribution in [0.4, 0.5) is 0 Å². The Kier molecular flexibility index (Phi) is 9.89. The summed E-state index contributed by atoms with van der Waals surface area (Å²) in [5.74, 6) is 0.566. The molecule has 2 heterocycles. The van der Waals surface area contributed by atoms with Gasteiger partial charge in [-0.05, 0) is 85.1 Å². The predicted molar refractivity (Wildman–Crippen MR) is 161 cm³/mol. The summed E-state index contributed by atoms with van der Waals surface area (Å²) in [7, 11) is 1.54. The molecular formula is C30H31BrN2O8S. The highest BCUT2D eigenvalue weighted by atomic mass is 79.9. The molecule has 0 fully saturated rings. The van der Waals surface area contributed by atoms with Crippen LogP contribution in [0.3, 0.4) is 0 Å². The SMILES string of the molecule is CCOC(=O)C1=C(C)N=c2s/c(=C\c3cc(Br)c(OC(C)=O)c(OCC)c3)c(=O)n2[C@H]1c1ccc(OC)c(OCC)c1. The first-order chi connectivity index (χ1) is 20.1. The first-order valence-electron chi connectivity index (χ1n) is 13.3. The zero-order valence-corrected chi connectivity index (χ0v) is 26.5. The fourth-order valence-electron chi connectivity index (χ4n) is 4.57. The maximum atomic E-state index is 14.0. The average Bonchev–Trinajstić information content (AvgIpc) is 3.24. The minimum atomic E-state index is -0.815. The van der Waals surface area contributed by atoms with Gasteiger partial charge in [-0.15, -0.1) is 0 Å². The molecular weight excluding hydrogens is 628 g/mol. The Hall–Kier alpha value is -3.90. The Morgan fingerprint density at radius 2 is 1.76 bits per heavy atom. The van der Waals surface area contributed by atoms with Crippen molar-refractivity contribution < 1.29 is 33.3 Å². The highest BCUT2D eigenvalue weighted by Gasteiger charge is 2.34. The number of hydrogen-bond donors (Lipinski definition) is 0. The van der Waals surface area contributed by atoms with Crippen LogP contribution in [0.25, 0.3) is 6.08 Å². The molecule has 0 N–H and O–H groups in total. The largest absolute Gasteiger partial charge is 0.493 e. The van der Waals surface area contributed by atoms with Crippen LogP contribution in [0.5, 0.6) is 23.0 Å². The molecule has 1 atom stereocenters. The highest BCUT2D eigenvalue weighted by Crippen LogP contribution is 2.38. The van der Waals surface area contributed by atoms with E-state index in [1.165, 1.54) is 22.8 Å². The van der Waals surface area contributed by atoms with E-state index in [1.807, 2.05) is 13.8 Å². The molecule has 222 valence electrons. The zero-order chi connectivity index (χ0) is 30.6. The number of halogens is 1. The summed E-state index contributed by atoms with van der Waals surface area (Å²) in [5.41, 5.74) is 1.64. The molecule has 2 aromatic carbocycles. The average molecular weight is 660 g/mol. The fourth-order valence-corrected chi connectivity index (χ4v) is 6.15. The van der Waals surface area contributed by atoms with E-state index >= 15 is 0 Å². The van der Waals surface area contributed by atoms with Crippen molar-refractivity contribution in [2.45, 2.75) is 40.7 Å². The number of hydrogen-bond acceptors (Lipinski definition) is 10. The van der Waals surface area contributed by atoms with Crippen molar-refractivity contribution in [1.29, 1.82) is 0 Å². The van der Waals surface area contributed by atoms with Gasteiger partial charge >= 0.3 is 11.9 Å². The molecule has 0 saturated heterocycles. The Bertz CT molecular complexity index is 1740. The van der Waals surface area contributed by atoms with Crippen LogP contribution < -0.4 is 33.8 Å². The number of carbonyl (C=O) groups excluding carboxylic acids is 2. The quantitative estimate of drug-likeness (QED) is 0.234. The molecule has 1 aromatic heterocycles. The predicted octanol–water partition coefficient (Wildman–Crippen LogP) is 4.29. The van der Waals surface area contributed by atoms with E-state index in [4.69, 9.17) is 23.7 Å². The van der Waals surface area contributed by atoms with Gasteiger partial charge in [-0.3, -0.25) is 14.2 Å². The molecule has 42 heavy (non-hydrogen) atoms. The van der Waals surface area contributed by atoms with E-state index < -0.39 is 18.0 Å². The lowest BCUT2D eigenvalue weighted by molar-refractivity contribution is -0.139. The first kappa shape index (κ1) is 31.0. The summed E-state index contributed by atoms with van der Waals surface area (Å²) in [6.07, 6.45) is 1.70. The van der Waals surface area contributed by atoms with Crippen LogP contribution in [0.2, 0.25) is 0 Å². The maximum Gasteiger partial charge on any atom is 0.338 e. The molecule has 0 aliphatic carbocycles.